The number of carboxylic acid groups (broad SMARTS) is 1. The van der Waals surface area contributed by atoms with E-state index in [4.69, 9.17) is 0 Å². The van der Waals surface area contributed by atoms with Crippen molar-refractivity contribution >= 4 is 23.6 Å². The molecule has 8 nitrogen and oxygen atoms in total. The van der Waals surface area contributed by atoms with E-state index in [0.29, 0.717) is 6.42 Å². The number of alkyl carbamates (subject to hydrolysis) is 1. The van der Waals surface area contributed by atoms with Gasteiger partial charge in [0.25, 0.3) is 0 Å². The minimum Gasteiger partial charge on any atom is -0.511 e. The van der Waals surface area contributed by atoms with Crippen LogP contribution in [-0.4, -0.2) is 53.0 Å². The summed E-state index contributed by atoms with van der Waals surface area (Å²) in [7, 11) is 0. The van der Waals surface area contributed by atoms with E-state index < -0.39 is 18.1 Å². The minimum absolute atomic E-state index is 0.00306. The molecule has 1 aliphatic rings. The first-order valence-electron chi connectivity index (χ1n) is 7.82. The van der Waals surface area contributed by atoms with Crippen molar-refractivity contribution < 1.29 is 29.3 Å². The average molecular weight is 352 g/mol. The van der Waals surface area contributed by atoms with Crippen molar-refractivity contribution in [3.8, 4) is 0 Å². The van der Waals surface area contributed by atoms with Crippen molar-refractivity contribution in [1.82, 2.24) is 5.32 Å². The molecule has 0 bridgehead atoms. The van der Waals surface area contributed by atoms with Crippen LogP contribution < -0.4 is 5.32 Å². The zero-order valence-corrected chi connectivity index (χ0v) is 14.7. The standard InChI is InChI=1S/C17H24N2O6/c1-5-6-25-16(24)18-9-11(15(22)23)19-10(2)14-12(20)7-17(3,4)8-13(14)21/h5,11,20H,1,6-9H2,2-4H3,(H,18,24)(H,22,23). The molecule has 1 aliphatic carbocycles. The molecule has 8 heteroatoms. The van der Waals surface area contributed by atoms with E-state index in [1.807, 2.05) is 13.8 Å². The van der Waals surface area contributed by atoms with Gasteiger partial charge in [0.1, 0.15) is 12.4 Å². The van der Waals surface area contributed by atoms with Crippen LogP contribution in [0.1, 0.15) is 33.6 Å². The smallest absolute Gasteiger partial charge is 0.407 e. The van der Waals surface area contributed by atoms with Crippen LogP contribution in [0.3, 0.4) is 0 Å². The quantitative estimate of drug-likeness (QED) is 0.475. The van der Waals surface area contributed by atoms with Gasteiger partial charge >= 0.3 is 12.1 Å². The highest BCUT2D eigenvalue weighted by atomic mass is 16.5. The second-order valence-corrected chi connectivity index (χ2v) is 6.60. The maximum absolute atomic E-state index is 12.3. The summed E-state index contributed by atoms with van der Waals surface area (Å²) < 4.78 is 4.69. The molecule has 1 atom stereocenters. The van der Waals surface area contributed by atoms with E-state index in [1.165, 1.54) is 13.0 Å². The van der Waals surface area contributed by atoms with Crippen LogP contribution in [0.4, 0.5) is 4.79 Å². The Kier molecular flexibility index (Phi) is 6.90. The normalized spacial score (nSPS) is 18.5. The molecule has 1 amide bonds. The molecule has 0 saturated heterocycles. The molecule has 0 saturated carbocycles. The number of aliphatic carboxylic acids is 1. The second-order valence-electron chi connectivity index (χ2n) is 6.60. The lowest BCUT2D eigenvalue weighted by Gasteiger charge is -2.29. The molecule has 0 radical (unpaired) electrons. The third-order valence-electron chi connectivity index (χ3n) is 3.62. The van der Waals surface area contributed by atoms with Crippen LogP contribution in [-0.2, 0) is 14.3 Å². The molecule has 1 unspecified atom stereocenters. The van der Waals surface area contributed by atoms with E-state index in [9.17, 15) is 24.6 Å². The molecule has 1 rings (SSSR count). The van der Waals surface area contributed by atoms with E-state index in [2.05, 4.69) is 21.6 Å². The van der Waals surface area contributed by atoms with Crippen LogP contribution >= 0.6 is 0 Å². The van der Waals surface area contributed by atoms with E-state index in [-0.39, 0.29) is 47.8 Å². The number of aliphatic imine (C=N–C) groups is 1. The maximum atomic E-state index is 12.3. The van der Waals surface area contributed by atoms with Gasteiger partial charge in [0, 0.05) is 18.6 Å². The van der Waals surface area contributed by atoms with Crippen LogP contribution in [0, 0.1) is 5.41 Å². The largest absolute Gasteiger partial charge is 0.511 e. The molecule has 0 heterocycles. The SMILES string of the molecule is C=CCOC(=O)NCC(N=C(C)C1=C(O)CC(C)(C)CC1=O)C(=O)O. The van der Waals surface area contributed by atoms with Gasteiger partial charge in [-0.15, -0.1) is 0 Å². The van der Waals surface area contributed by atoms with Crippen molar-refractivity contribution in [1.29, 1.82) is 0 Å². The number of hydrogen-bond donors (Lipinski definition) is 3. The predicted molar refractivity (Wildman–Crippen MR) is 91.8 cm³/mol. The van der Waals surface area contributed by atoms with Gasteiger partial charge in [0.05, 0.1) is 12.1 Å². The van der Waals surface area contributed by atoms with E-state index in [0.717, 1.165) is 0 Å². The summed E-state index contributed by atoms with van der Waals surface area (Å²) in [5.74, 6) is -1.64. The Morgan fingerprint density at radius 3 is 2.60 bits per heavy atom. The number of ether oxygens (including phenoxy) is 1. The summed E-state index contributed by atoms with van der Waals surface area (Å²) in [6.07, 6.45) is 1.13. The summed E-state index contributed by atoms with van der Waals surface area (Å²) in [4.78, 5) is 38.9. The van der Waals surface area contributed by atoms with Crippen molar-refractivity contribution in [2.24, 2.45) is 10.4 Å². The maximum Gasteiger partial charge on any atom is 0.407 e. The van der Waals surface area contributed by atoms with Gasteiger partial charge < -0.3 is 20.3 Å². The topological polar surface area (TPSA) is 125 Å². The van der Waals surface area contributed by atoms with Gasteiger partial charge in [-0.2, -0.15) is 0 Å². The fraction of sp³-hybridized carbons (Fsp3) is 0.529. The lowest BCUT2D eigenvalue weighted by molar-refractivity contribution is -0.138. The molecule has 25 heavy (non-hydrogen) atoms. The van der Waals surface area contributed by atoms with Gasteiger partial charge in [0.2, 0.25) is 0 Å². The fourth-order valence-corrected chi connectivity index (χ4v) is 2.55. The lowest BCUT2D eigenvalue weighted by atomic mass is 9.76. The number of aliphatic hydroxyl groups is 1. The Hall–Kier alpha value is -2.64. The summed E-state index contributed by atoms with van der Waals surface area (Å²) >= 11 is 0. The number of amides is 1. The number of rotatable bonds is 7. The first kappa shape index (κ1) is 20.4. The average Bonchev–Trinajstić information content (AvgIpc) is 2.46. The minimum atomic E-state index is -1.31. The monoisotopic (exact) mass is 352 g/mol. The van der Waals surface area contributed by atoms with Gasteiger partial charge in [-0.1, -0.05) is 26.5 Å². The summed E-state index contributed by atoms with van der Waals surface area (Å²) in [6, 6.07) is -1.31. The Balaban J connectivity index is 2.91. The molecule has 0 aromatic carbocycles. The fourth-order valence-electron chi connectivity index (χ4n) is 2.55. The van der Waals surface area contributed by atoms with Crippen LogP contribution in [0.25, 0.3) is 0 Å². The predicted octanol–water partition coefficient (Wildman–Crippen LogP) is 2.01. The zero-order valence-electron chi connectivity index (χ0n) is 14.7. The number of carbonyl (C=O) groups excluding carboxylic acids is 2. The zero-order chi connectivity index (χ0) is 19.2. The molecule has 0 spiro atoms. The number of nitrogens with one attached hydrogen (secondary N) is 1. The molecular formula is C17H24N2O6. The highest BCUT2D eigenvalue weighted by Crippen LogP contribution is 2.36. The number of nitrogens with zero attached hydrogens (tertiary/aromatic N) is 1. The van der Waals surface area contributed by atoms with Crippen LogP contribution in [0.2, 0.25) is 0 Å². The number of Topliss-reactive ketones (excluding diaryl/α,β-unsaturated/α-hetero) is 1. The number of ketones is 1. The van der Waals surface area contributed by atoms with Crippen molar-refractivity contribution in [2.45, 2.75) is 39.7 Å². The first-order valence-corrected chi connectivity index (χ1v) is 7.82. The molecule has 0 aliphatic heterocycles. The number of carboxylic acids is 1. The third-order valence-corrected chi connectivity index (χ3v) is 3.62. The van der Waals surface area contributed by atoms with Crippen LogP contribution in [0.15, 0.2) is 29.0 Å². The van der Waals surface area contributed by atoms with Crippen molar-refractivity contribution in [2.75, 3.05) is 13.2 Å². The third kappa shape index (κ3) is 6.06. The van der Waals surface area contributed by atoms with Crippen molar-refractivity contribution in [3.63, 3.8) is 0 Å². The van der Waals surface area contributed by atoms with Gasteiger partial charge in [-0.05, 0) is 12.3 Å². The summed E-state index contributed by atoms with van der Waals surface area (Å²) in [5.41, 5.74) is -0.167. The molecule has 0 fully saturated rings. The van der Waals surface area contributed by atoms with Crippen LogP contribution in [0.5, 0.6) is 0 Å². The van der Waals surface area contributed by atoms with E-state index in [1.54, 1.807) is 0 Å². The Labute approximate surface area is 146 Å². The molecule has 138 valence electrons. The first-order chi connectivity index (χ1) is 11.6. The molecule has 0 aromatic heterocycles. The Bertz CT molecular complexity index is 633. The molecule has 3 N–H and O–H groups in total. The summed E-state index contributed by atoms with van der Waals surface area (Å²) in [5, 5.41) is 21.7. The number of aliphatic hydroxyl groups excluding tert-OH is 1. The Morgan fingerprint density at radius 1 is 1.44 bits per heavy atom. The van der Waals surface area contributed by atoms with Gasteiger partial charge in [-0.3, -0.25) is 9.79 Å². The van der Waals surface area contributed by atoms with E-state index >= 15 is 0 Å². The lowest BCUT2D eigenvalue weighted by Crippen LogP contribution is -2.37. The second kappa shape index (κ2) is 8.46. The highest BCUT2D eigenvalue weighted by Gasteiger charge is 2.34. The number of allylic oxidation sites excluding steroid dienone is 2. The highest BCUT2D eigenvalue weighted by molar-refractivity contribution is 6.22. The van der Waals surface area contributed by atoms with Crippen molar-refractivity contribution in [3.05, 3.63) is 24.0 Å². The van der Waals surface area contributed by atoms with Gasteiger partial charge in [0.15, 0.2) is 11.8 Å². The molecular weight excluding hydrogens is 328 g/mol. The van der Waals surface area contributed by atoms with Gasteiger partial charge in [-0.25, -0.2) is 9.59 Å². The molecule has 0 aromatic rings. The number of hydrogen-bond acceptors (Lipinski definition) is 6. The Morgan fingerprint density at radius 2 is 2.08 bits per heavy atom. The number of carbonyl (C=O) groups is 3. The summed E-state index contributed by atoms with van der Waals surface area (Å²) in [6.45, 7) is 8.27.